The van der Waals surface area contributed by atoms with E-state index in [-0.39, 0.29) is 0 Å². The molecule has 3 aromatic rings. The molecule has 0 bridgehead atoms. The zero-order chi connectivity index (χ0) is 14.7. The largest absolute Gasteiger partial charge is 0.370 e. The third-order valence-corrected chi connectivity index (χ3v) is 3.67. The second-order valence-electron chi connectivity index (χ2n) is 4.91. The van der Waals surface area contributed by atoms with Crippen molar-refractivity contribution < 1.29 is 0 Å². The molecule has 0 saturated heterocycles. The topological polar surface area (TPSA) is 42.7 Å². The summed E-state index contributed by atoms with van der Waals surface area (Å²) in [7, 11) is 0. The molecule has 0 radical (unpaired) electrons. The third kappa shape index (κ3) is 3.00. The zero-order valence-corrected chi connectivity index (χ0v) is 12.6. The van der Waals surface area contributed by atoms with Crippen LogP contribution in [-0.2, 0) is 6.54 Å². The Morgan fingerprint density at radius 2 is 2.05 bits per heavy atom. The molecule has 0 saturated carbocycles. The Morgan fingerprint density at radius 3 is 2.90 bits per heavy atom. The molecule has 0 aliphatic carbocycles. The highest BCUT2D eigenvalue weighted by Gasteiger charge is 2.08. The quantitative estimate of drug-likeness (QED) is 0.775. The van der Waals surface area contributed by atoms with Gasteiger partial charge >= 0.3 is 0 Å². The van der Waals surface area contributed by atoms with Crippen LogP contribution in [0, 0.1) is 0 Å². The van der Waals surface area contributed by atoms with Gasteiger partial charge < -0.3 is 5.32 Å². The molecule has 3 rings (SSSR count). The number of aromatic nitrogens is 3. The summed E-state index contributed by atoms with van der Waals surface area (Å²) in [5.41, 5.74) is 1.91. The van der Waals surface area contributed by atoms with Gasteiger partial charge in [-0.3, -0.25) is 4.68 Å². The molecule has 0 fully saturated rings. The Kier molecular flexibility index (Phi) is 4.06. The van der Waals surface area contributed by atoms with E-state index in [0.29, 0.717) is 11.6 Å². The summed E-state index contributed by atoms with van der Waals surface area (Å²) in [6.45, 7) is 3.59. The fraction of sp³-hybridized carbons (Fsp3) is 0.250. The lowest BCUT2D eigenvalue weighted by molar-refractivity contribution is 0.697. The van der Waals surface area contributed by atoms with Gasteiger partial charge in [0.2, 0.25) is 0 Å². The van der Waals surface area contributed by atoms with Gasteiger partial charge in [0.1, 0.15) is 5.82 Å². The van der Waals surface area contributed by atoms with E-state index >= 15 is 0 Å². The summed E-state index contributed by atoms with van der Waals surface area (Å²) in [6.07, 6.45) is 2.92. The maximum absolute atomic E-state index is 6.27. The molecule has 0 spiro atoms. The number of pyridine rings is 1. The standard InChI is InChI=1S/C16H17ClN4/c1-2-9-18-16-8-7-13(17)14(20-16)11-21-15-6-4-3-5-12(15)10-19-21/h3-8,10H,2,9,11H2,1H3,(H,18,20). The van der Waals surface area contributed by atoms with Gasteiger partial charge in [-0.1, -0.05) is 36.7 Å². The Hall–Kier alpha value is -2.07. The van der Waals surface area contributed by atoms with Crippen molar-refractivity contribution in [2.24, 2.45) is 0 Å². The van der Waals surface area contributed by atoms with Gasteiger partial charge in [-0.05, 0) is 24.6 Å². The van der Waals surface area contributed by atoms with Crippen LogP contribution in [0.25, 0.3) is 10.9 Å². The summed E-state index contributed by atoms with van der Waals surface area (Å²) in [5.74, 6) is 0.854. The average molecular weight is 301 g/mol. The molecule has 1 aromatic carbocycles. The summed E-state index contributed by atoms with van der Waals surface area (Å²) in [6, 6.07) is 11.9. The number of rotatable bonds is 5. The number of benzene rings is 1. The third-order valence-electron chi connectivity index (χ3n) is 3.33. The van der Waals surface area contributed by atoms with Crippen LogP contribution in [0.5, 0.6) is 0 Å². The fourth-order valence-corrected chi connectivity index (χ4v) is 2.41. The monoisotopic (exact) mass is 300 g/mol. The maximum Gasteiger partial charge on any atom is 0.126 e. The van der Waals surface area contributed by atoms with E-state index in [2.05, 4.69) is 28.4 Å². The molecular formula is C16H17ClN4. The molecule has 0 unspecified atom stereocenters. The van der Waals surface area contributed by atoms with Crippen LogP contribution >= 0.6 is 11.6 Å². The number of para-hydroxylation sites is 1. The van der Waals surface area contributed by atoms with E-state index in [1.165, 1.54) is 0 Å². The summed E-state index contributed by atoms with van der Waals surface area (Å²) in [4.78, 5) is 4.59. The van der Waals surface area contributed by atoms with Crippen molar-refractivity contribution in [1.82, 2.24) is 14.8 Å². The molecule has 2 heterocycles. The van der Waals surface area contributed by atoms with E-state index in [1.54, 1.807) is 0 Å². The molecule has 5 heteroatoms. The number of hydrogen-bond acceptors (Lipinski definition) is 3. The van der Waals surface area contributed by atoms with E-state index in [9.17, 15) is 0 Å². The summed E-state index contributed by atoms with van der Waals surface area (Å²) < 4.78 is 1.92. The minimum atomic E-state index is 0.563. The molecule has 108 valence electrons. The normalized spacial score (nSPS) is 11.0. The average Bonchev–Trinajstić information content (AvgIpc) is 2.91. The van der Waals surface area contributed by atoms with Gasteiger partial charge in [0, 0.05) is 11.9 Å². The fourth-order valence-electron chi connectivity index (χ4n) is 2.24. The number of nitrogens with one attached hydrogen (secondary N) is 1. The van der Waals surface area contributed by atoms with E-state index in [1.807, 2.05) is 41.2 Å². The van der Waals surface area contributed by atoms with Crippen LogP contribution < -0.4 is 5.32 Å². The predicted molar refractivity (Wildman–Crippen MR) is 86.9 cm³/mol. The second-order valence-corrected chi connectivity index (χ2v) is 5.32. The SMILES string of the molecule is CCCNc1ccc(Cl)c(Cn2ncc3ccccc32)n1. The molecular weight excluding hydrogens is 284 g/mol. The highest BCUT2D eigenvalue weighted by molar-refractivity contribution is 6.31. The lowest BCUT2D eigenvalue weighted by Gasteiger charge is -2.09. The highest BCUT2D eigenvalue weighted by atomic mass is 35.5. The number of hydrogen-bond donors (Lipinski definition) is 1. The highest BCUT2D eigenvalue weighted by Crippen LogP contribution is 2.20. The summed E-state index contributed by atoms with van der Waals surface area (Å²) in [5, 5.41) is 9.48. The number of anilines is 1. The first-order valence-corrected chi connectivity index (χ1v) is 7.45. The van der Waals surface area contributed by atoms with Crippen molar-refractivity contribution >= 4 is 28.3 Å². The van der Waals surface area contributed by atoms with E-state index in [4.69, 9.17) is 11.6 Å². The van der Waals surface area contributed by atoms with Crippen molar-refractivity contribution in [2.75, 3.05) is 11.9 Å². The van der Waals surface area contributed by atoms with Crippen molar-refractivity contribution in [3.8, 4) is 0 Å². The second kappa shape index (κ2) is 6.14. The van der Waals surface area contributed by atoms with Gasteiger partial charge in [-0.15, -0.1) is 0 Å². The van der Waals surface area contributed by atoms with Crippen LogP contribution in [0.3, 0.4) is 0 Å². The maximum atomic E-state index is 6.27. The Balaban J connectivity index is 1.90. The number of halogens is 1. The predicted octanol–water partition coefficient (Wildman–Crippen LogP) is 3.95. The Bertz CT molecular complexity index is 751. The first-order valence-electron chi connectivity index (χ1n) is 7.08. The summed E-state index contributed by atoms with van der Waals surface area (Å²) >= 11 is 6.27. The number of nitrogens with zero attached hydrogens (tertiary/aromatic N) is 3. The van der Waals surface area contributed by atoms with Gasteiger partial charge in [0.25, 0.3) is 0 Å². The van der Waals surface area contributed by atoms with Crippen molar-refractivity contribution in [1.29, 1.82) is 0 Å². The van der Waals surface area contributed by atoms with Crippen molar-refractivity contribution in [3.05, 3.63) is 53.3 Å². The van der Waals surface area contributed by atoms with Crippen LogP contribution in [0.4, 0.5) is 5.82 Å². The lowest BCUT2D eigenvalue weighted by atomic mass is 10.2. The van der Waals surface area contributed by atoms with Gasteiger partial charge in [0.05, 0.1) is 29.0 Å². The smallest absolute Gasteiger partial charge is 0.126 e. The molecule has 0 aliphatic heterocycles. The molecule has 21 heavy (non-hydrogen) atoms. The van der Waals surface area contributed by atoms with Crippen molar-refractivity contribution in [2.45, 2.75) is 19.9 Å². The zero-order valence-electron chi connectivity index (χ0n) is 11.9. The van der Waals surface area contributed by atoms with Gasteiger partial charge in [0.15, 0.2) is 0 Å². The molecule has 0 amide bonds. The lowest BCUT2D eigenvalue weighted by Crippen LogP contribution is -2.07. The van der Waals surface area contributed by atoms with Crippen LogP contribution in [0.2, 0.25) is 5.02 Å². The molecule has 0 atom stereocenters. The first kappa shape index (κ1) is 13.9. The van der Waals surface area contributed by atoms with E-state index in [0.717, 1.165) is 35.4 Å². The van der Waals surface area contributed by atoms with Gasteiger partial charge in [-0.2, -0.15) is 5.10 Å². The Morgan fingerprint density at radius 1 is 1.19 bits per heavy atom. The van der Waals surface area contributed by atoms with Crippen LogP contribution in [0.1, 0.15) is 19.0 Å². The van der Waals surface area contributed by atoms with Crippen molar-refractivity contribution in [3.63, 3.8) is 0 Å². The van der Waals surface area contributed by atoms with Gasteiger partial charge in [-0.25, -0.2) is 4.98 Å². The molecule has 2 aromatic heterocycles. The number of fused-ring (bicyclic) bond motifs is 1. The molecule has 1 N–H and O–H groups in total. The van der Waals surface area contributed by atoms with Crippen LogP contribution in [-0.4, -0.2) is 21.3 Å². The van der Waals surface area contributed by atoms with E-state index < -0.39 is 0 Å². The Labute approximate surface area is 128 Å². The molecule has 0 aliphatic rings. The van der Waals surface area contributed by atoms with Crippen LogP contribution in [0.15, 0.2) is 42.6 Å². The minimum absolute atomic E-state index is 0.563. The first-order chi connectivity index (χ1) is 10.3. The minimum Gasteiger partial charge on any atom is -0.370 e. The molecule has 4 nitrogen and oxygen atoms in total.